The summed E-state index contributed by atoms with van der Waals surface area (Å²) in [5, 5.41) is 11.7. The zero-order valence-corrected chi connectivity index (χ0v) is 14.6. The highest BCUT2D eigenvalue weighted by molar-refractivity contribution is 8.00. The van der Waals surface area contributed by atoms with E-state index >= 15 is 0 Å². The fraction of sp³-hybridized carbons (Fsp3) is 0.500. The number of thioether (sulfide) groups is 1. The molecule has 0 spiro atoms. The number of ether oxygens (including phenoxy) is 1. The molecule has 0 aliphatic heterocycles. The van der Waals surface area contributed by atoms with Crippen LogP contribution >= 0.6 is 11.8 Å². The highest BCUT2D eigenvalue weighted by Gasteiger charge is 2.33. The van der Waals surface area contributed by atoms with Gasteiger partial charge in [-0.05, 0) is 31.9 Å². The van der Waals surface area contributed by atoms with Gasteiger partial charge in [0, 0.05) is 4.90 Å². The third-order valence-electron chi connectivity index (χ3n) is 4.03. The Bertz CT molecular complexity index is 606. The molecule has 0 aromatic heterocycles. The van der Waals surface area contributed by atoms with Gasteiger partial charge in [0.05, 0.1) is 6.07 Å². The number of benzene rings is 1. The van der Waals surface area contributed by atoms with E-state index in [-0.39, 0.29) is 6.61 Å². The Balaban J connectivity index is 1.78. The van der Waals surface area contributed by atoms with Crippen molar-refractivity contribution in [2.45, 2.75) is 54.7 Å². The van der Waals surface area contributed by atoms with Crippen molar-refractivity contribution in [3.63, 3.8) is 0 Å². The van der Waals surface area contributed by atoms with Gasteiger partial charge >= 0.3 is 5.97 Å². The fourth-order valence-electron chi connectivity index (χ4n) is 2.73. The van der Waals surface area contributed by atoms with Crippen LogP contribution in [0.2, 0.25) is 0 Å². The van der Waals surface area contributed by atoms with E-state index in [0.29, 0.717) is 12.8 Å². The van der Waals surface area contributed by atoms with Crippen molar-refractivity contribution in [1.29, 1.82) is 5.26 Å². The lowest BCUT2D eigenvalue weighted by molar-refractivity contribution is -0.148. The third-order valence-corrected chi connectivity index (χ3v) is 5.12. The second-order valence-electron chi connectivity index (χ2n) is 5.98. The lowest BCUT2D eigenvalue weighted by atomic mass is 9.83. The smallest absolute Gasteiger partial charge is 0.319 e. The van der Waals surface area contributed by atoms with Crippen LogP contribution in [0, 0.1) is 11.3 Å². The molecule has 1 aromatic carbocycles. The van der Waals surface area contributed by atoms with Crippen molar-refractivity contribution in [3.8, 4) is 6.07 Å². The fourth-order valence-corrected chi connectivity index (χ4v) is 3.62. The summed E-state index contributed by atoms with van der Waals surface area (Å²) in [5.41, 5.74) is -0.799. The minimum absolute atomic E-state index is 0.345. The summed E-state index contributed by atoms with van der Waals surface area (Å²) < 4.78 is 5.09. The molecule has 1 fully saturated rings. The molecule has 0 heterocycles. The van der Waals surface area contributed by atoms with Crippen LogP contribution in [0.15, 0.2) is 35.2 Å². The lowest BCUT2D eigenvalue weighted by Crippen LogP contribution is -2.50. The molecule has 0 saturated heterocycles. The largest absolute Gasteiger partial charge is 0.455 e. The monoisotopic (exact) mass is 346 g/mol. The maximum atomic E-state index is 12.0. The van der Waals surface area contributed by atoms with Crippen LogP contribution in [-0.4, -0.2) is 29.3 Å². The number of carbonyl (C=O) groups excluding carboxylic acids is 2. The number of hydrogen-bond donors (Lipinski definition) is 1. The molecule has 1 saturated carbocycles. The van der Waals surface area contributed by atoms with E-state index in [4.69, 9.17) is 4.74 Å². The van der Waals surface area contributed by atoms with Gasteiger partial charge in [0.2, 0.25) is 0 Å². The quantitative estimate of drug-likeness (QED) is 0.632. The lowest BCUT2D eigenvalue weighted by Gasteiger charge is -2.31. The molecule has 5 nitrogen and oxygen atoms in total. The van der Waals surface area contributed by atoms with E-state index in [9.17, 15) is 14.9 Å². The summed E-state index contributed by atoms with van der Waals surface area (Å²) in [6.45, 7) is 1.40. The maximum absolute atomic E-state index is 12.0. The van der Waals surface area contributed by atoms with E-state index in [1.807, 2.05) is 30.3 Å². The van der Waals surface area contributed by atoms with Gasteiger partial charge < -0.3 is 10.1 Å². The molecular formula is C18H22N2O3S. The van der Waals surface area contributed by atoms with E-state index in [1.54, 1.807) is 6.92 Å². The summed E-state index contributed by atoms with van der Waals surface area (Å²) in [5.74, 6) is -0.850. The van der Waals surface area contributed by atoms with Crippen molar-refractivity contribution in [2.75, 3.05) is 6.61 Å². The zero-order valence-electron chi connectivity index (χ0n) is 13.8. The van der Waals surface area contributed by atoms with Gasteiger partial charge in [0.15, 0.2) is 6.61 Å². The van der Waals surface area contributed by atoms with Crippen molar-refractivity contribution in [3.05, 3.63) is 30.3 Å². The molecule has 0 radical (unpaired) electrons. The van der Waals surface area contributed by atoms with Gasteiger partial charge in [0.25, 0.3) is 5.91 Å². The molecule has 1 amide bonds. The molecule has 1 aliphatic carbocycles. The number of carbonyl (C=O) groups is 2. The average molecular weight is 346 g/mol. The third kappa shape index (κ3) is 5.27. The molecule has 1 N–H and O–H groups in total. The van der Waals surface area contributed by atoms with Gasteiger partial charge in [-0.25, -0.2) is 0 Å². The van der Waals surface area contributed by atoms with Crippen LogP contribution in [0.5, 0.6) is 0 Å². The number of nitrogens with one attached hydrogen (secondary N) is 1. The summed E-state index contributed by atoms with van der Waals surface area (Å²) in [7, 11) is 0. The molecule has 6 heteroatoms. The number of nitrogens with zero attached hydrogens (tertiary/aromatic N) is 1. The van der Waals surface area contributed by atoms with Crippen LogP contribution < -0.4 is 5.32 Å². The standard InChI is InChI=1S/C18H22N2O3S/c1-14(24-15-8-4-2-5-9-15)17(22)23-12-16(21)20-18(13-19)10-6-3-7-11-18/h2,4-5,8-9,14H,3,6-7,10-12H2,1H3,(H,20,21)/t14-/m0/s1. The Hall–Kier alpha value is -2.00. The van der Waals surface area contributed by atoms with Crippen LogP contribution in [0.25, 0.3) is 0 Å². The normalized spacial score (nSPS) is 17.3. The molecule has 1 atom stereocenters. The van der Waals surface area contributed by atoms with Crippen LogP contribution in [0.4, 0.5) is 0 Å². The van der Waals surface area contributed by atoms with Crippen LogP contribution in [0.3, 0.4) is 0 Å². The summed E-state index contributed by atoms with van der Waals surface area (Å²) in [6, 6.07) is 11.8. The van der Waals surface area contributed by atoms with Gasteiger partial charge in [-0.2, -0.15) is 5.26 Å². The summed E-state index contributed by atoms with van der Waals surface area (Å²) >= 11 is 1.38. The van der Waals surface area contributed by atoms with Crippen molar-refractivity contribution in [1.82, 2.24) is 5.32 Å². The van der Waals surface area contributed by atoms with Gasteiger partial charge in [-0.15, -0.1) is 11.8 Å². The molecule has 128 valence electrons. The van der Waals surface area contributed by atoms with Gasteiger partial charge in [0.1, 0.15) is 10.8 Å². The van der Waals surface area contributed by atoms with Crippen molar-refractivity contribution >= 4 is 23.6 Å². The van der Waals surface area contributed by atoms with Crippen LogP contribution in [-0.2, 0) is 14.3 Å². The number of amides is 1. The molecule has 1 aromatic rings. The van der Waals surface area contributed by atoms with E-state index in [0.717, 1.165) is 24.2 Å². The molecule has 2 rings (SSSR count). The minimum atomic E-state index is -0.799. The van der Waals surface area contributed by atoms with Crippen molar-refractivity contribution in [2.24, 2.45) is 0 Å². The number of rotatable bonds is 6. The van der Waals surface area contributed by atoms with Gasteiger partial charge in [-0.3, -0.25) is 9.59 Å². The van der Waals surface area contributed by atoms with Gasteiger partial charge in [-0.1, -0.05) is 37.5 Å². The predicted octanol–water partition coefficient (Wildman–Crippen LogP) is 3.05. The molecule has 1 aliphatic rings. The predicted molar refractivity (Wildman–Crippen MR) is 92.3 cm³/mol. The first kappa shape index (κ1) is 18.3. The Morgan fingerprint density at radius 1 is 1.29 bits per heavy atom. The van der Waals surface area contributed by atoms with Crippen molar-refractivity contribution < 1.29 is 14.3 Å². The Morgan fingerprint density at radius 3 is 2.58 bits per heavy atom. The average Bonchev–Trinajstić information content (AvgIpc) is 2.61. The van der Waals surface area contributed by atoms with Crippen LogP contribution in [0.1, 0.15) is 39.0 Å². The molecule has 0 bridgehead atoms. The molecule has 24 heavy (non-hydrogen) atoms. The Morgan fingerprint density at radius 2 is 1.96 bits per heavy atom. The highest BCUT2D eigenvalue weighted by atomic mass is 32.2. The molecule has 0 unspecified atom stereocenters. The molecular weight excluding hydrogens is 324 g/mol. The summed E-state index contributed by atoms with van der Waals surface area (Å²) in [4.78, 5) is 25.0. The first-order chi connectivity index (χ1) is 11.5. The summed E-state index contributed by atoms with van der Waals surface area (Å²) in [6.07, 6.45) is 4.26. The van der Waals surface area contributed by atoms with E-state index in [2.05, 4.69) is 11.4 Å². The first-order valence-corrected chi connectivity index (χ1v) is 9.03. The maximum Gasteiger partial charge on any atom is 0.319 e. The van der Waals surface area contributed by atoms with E-state index in [1.165, 1.54) is 11.8 Å². The second kappa shape index (κ2) is 8.74. The highest BCUT2D eigenvalue weighted by Crippen LogP contribution is 2.27. The Kier molecular flexibility index (Phi) is 6.68. The van der Waals surface area contributed by atoms with E-state index < -0.39 is 22.7 Å². The zero-order chi connectivity index (χ0) is 17.4. The SMILES string of the molecule is C[C@H](Sc1ccccc1)C(=O)OCC(=O)NC1(C#N)CCCCC1. The number of hydrogen-bond acceptors (Lipinski definition) is 5. The Labute approximate surface area is 146 Å². The second-order valence-corrected chi connectivity index (χ2v) is 7.40. The number of nitriles is 1. The minimum Gasteiger partial charge on any atom is -0.455 e. The number of esters is 1. The first-order valence-electron chi connectivity index (χ1n) is 8.15. The topological polar surface area (TPSA) is 79.2 Å².